The average Bonchev–Trinajstić information content (AvgIpc) is 3.30. The molecule has 0 unspecified atom stereocenters. The van der Waals surface area contributed by atoms with Gasteiger partial charge in [-0.3, -0.25) is 0 Å². The zero-order chi connectivity index (χ0) is 17.5. The van der Waals surface area contributed by atoms with Crippen LogP contribution in [0.5, 0.6) is 0 Å². The summed E-state index contributed by atoms with van der Waals surface area (Å²) in [5.74, 6) is 0.329. The first kappa shape index (κ1) is 17.6. The fourth-order valence-electron chi connectivity index (χ4n) is 2.75. The third-order valence-corrected chi connectivity index (χ3v) is 4.23. The molecule has 0 saturated carbocycles. The summed E-state index contributed by atoms with van der Waals surface area (Å²) >= 11 is 0. The van der Waals surface area contributed by atoms with E-state index in [0.717, 1.165) is 19.4 Å². The van der Waals surface area contributed by atoms with Gasteiger partial charge in [-0.25, -0.2) is 9.78 Å². The number of hydrogen-bond acceptors (Lipinski definition) is 5. The topological polar surface area (TPSA) is 62.6 Å². The quantitative estimate of drug-likeness (QED) is 0.689. The number of carbonyl (C=O) groups excluding carboxylic acids is 1. The van der Waals surface area contributed by atoms with E-state index in [1.54, 1.807) is 13.1 Å². The molecule has 1 saturated heterocycles. The Bertz CT molecular complexity index is 665. The SMILES string of the molecule is C[C@H](OC[C@H]1CCCO1)C(=O)OCc1nccn1Cc1ccccc1. The van der Waals surface area contributed by atoms with Crippen molar-refractivity contribution in [1.82, 2.24) is 9.55 Å². The zero-order valence-electron chi connectivity index (χ0n) is 14.5. The maximum atomic E-state index is 12.1. The van der Waals surface area contributed by atoms with Gasteiger partial charge in [0, 0.05) is 25.5 Å². The second kappa shape index (κ2) is 8.78. The Balaban J connectivity index is 1.46. The van der Waals surface area contributed by atoms with Gasteiger partial charge in [-0.15, -0.1) is 0 Å². The highest BCUT2D eigenvalue weighted by Crippen LogP contribution is 2.13. The molecule has 134 valence electrons. The molecule has 1 fully saturated rings. The molecule has 1 aromatic carbocycles. The predicted octanol–water partition coefficient (Wildman–Crippen LogP) is 2.56. The molecule has 2 aromatic rings. The van der Waals surface area contributed by atoms with E-state index in [-0.39, 0.29) is 18.7 Å². The number of aromatic nitrogens is 2. The largest absolute Gasteiger partial charge is 0.456 e. The molecular formula is C19H24N2O4. The lowest BCUT2D eigenvalue weighted by Gasteiger charge is -2.15. The van der Waals surface area contributed by atoms with E-state index in [9.17, 15) is 4.79 Å². The van der Waals surface area contributed by atoms with Crippen LogP contribution in [0.1, 0.15) is 31.2 Å². The highest BCUT2D eigenvalue weighted by molar-refractivity contribution is 5.74. The Labute approximate surface area is 147 Å². The van der Waals surface area contributed by atoms with Gasteiger partial charge < -0.3 is 18.8 Å². The first-order valence-electron chi connectivity index (χ1n) is 8.66. The highest BCUT2D eigenvalue weighted by Gasteiger charge is 2.21. The second-order valence-electron chi connectivity index (χ2n) is 6.18. The van der Waals surface area contributed by atoms with Crippen molar-refractivity contribution in [1.29, 1.82) is 0 Å². The maximum Gasteiger partial charge on any atom is 0.335 e. The summed E-state index contributed by atoms with van der Waals surface area (Å²) in [7, 11) is 0. The molecule has 25 heavy (non-hydrogen) atoms. The molecule has 2 atom stereocenters. The number of carbonyl (C=O) groups is 1. The lowest BCUT2D eigenvalue weighted by molar-refractivity contribution is -0.159. The molecule has 6 nitrogen and oxygen atoms in total. The van der Waals surface area contributed by atoms with Gasteiger partial charge in [0.15, 0.2) is 6.10 Å². The Morgan fingerprint density at radius 1 is 1.40 bits per heavy atom. The molecule has 1 aliphatic heterocycles. The minimum absolute atomic E-state index is 0.0972. The average molecular weight is 344 g/mol. The molecule has 0 radical (unpaired) electrons. The van der Waals surface area contributed by atoms with E-state index in [1.165, 1.54) is 5.56 Å². The van der Waals surface area contributed by atoms with E-state index in [1.807, 2.05) is 29.0 Å². The molecule has 1 aromatic heterocycles. The molecule has 0 amide bonds. The Morgan fingerprint density at radius 2 is 2.24 bits per heavy atom. The first-order chi connectivity index (χ1) is 12.2. The van der Waals surface area contributed by atoms with Crippen LogP contribution in [0.25, 0.3) is 0 Å². The highest BCUT2D eigenvalue weighted by atomic mass is 16.6. The fourth-order valence-corrected chi connectivity index (χ4v) is 2.75. The number of ether oxygens (including phenoxy) is 3. The molecular weight excluding hydrogens is 320 g/mol. The summed E-state index contributed by atoms with van der Waals surface area (Å²) < 4.78 is 18.4. The van der Waals surface area contributed by atoms with Gasteiger partial charge in [0.05, 0.1) is 12.7 Å². The molecule has 3 rings (SSSR count). The summed E-state index contributed by atoms with van der Waals surface area (Å²) in [5, 5.41) is 0. The molecule has 0 bridgehead atoms. The van der Waals surface area contributed by atoms with Crippen LogP contribution < -0.4 is 0 Å². The lowest BCUT2D eigenvalue weighted by Crippen LogP contribution is -2.27. The molecule has 2 heterocycles. The summed E-state index contributed by atoms with van der Waals surface area (Å²) in [6.45, 7) is 3.73. The lowest BCUT2D eigenvalue weighted by atomic mass is 10.2. The van der Waals surface area contributed by atoms with E-state index < -0.39 is 6.10 Å². The monoisotopic (exact) mass is 344 g/mol. The maximum absolute atomic E-state index is 12.1. The summed E-state index contributed by atoms with van der Waals surface area (Å²) in [4.78, 5) is 16.4. The fraction of sp³-hybridized carbons (Fsp3) is 0.474. The number of rotatable bonds is 8. The minimum Gasteiger partial charge on any atom is -0.456 e. The summed E-state index contributed by atoms with van der Waals surface area (Å²) in [6, 6.07) is 10.1. The van der Waals surface area contributed by atoms with Gasteiger partial charge in [0.1, 0.15) is 12.4 Å². The Morgan fingerprint density at radius 3 is 3.00 bits per heavy atom. The van der Waals surface area contributed by atoms with Crippen molar-refractivity contribution in [2.75, 3.05) is 13.2 Å². The van der Waals surface area contributed by atoms with Crippen LogP contribution in [0.2, 0.25) is 0 Å². The van der Waals surface area contributed by atoms with Crippen LogP contribution in [0.4, 0.5) is 0 Å². The molecule has 0 spiro atoms. The van der Waals surface area contributed by atoms with E-state index in [2.05, 4.69) is 17.1 Å². The third-order valence-electron chi connectivity index (χ3n) is 4.23. The number of esters is 1. The van der Waals surface area contributed by atoms with Gasteiger partial charge in [-0.2, -0.15) is 0 Å². The van der Waals surface area contributed by atoms with Crippen molar-refractivity contribution in [2.24, 2.45) is 0 Å². The van der Waals surface area contributed by atoms with Gasteiger partial charge >= 0.3 is 5.97 Å². The van der Waals surface area contributed by atoms with Crippen molar-refractivity contribution in [2.45, 2.75) is 45.1 Å². The first-order valence-corrected chi connectivity index (χ1v) is 8.66. The van der Waals surface area contributed by atoms with Crippen LogP contribution in [-0.4, -0.2) is 40.9 Å². The third kappa shape index (κ3) is 5.14. The number of benzene rings is 1. The van der Waals surface area contributed by atoms with Crippen molar-refractivity contribution in [3.63, 3.8) is 0 Å². The van der Waals surface area contributed by atoms with Crippen molar-refractivity contribution >= 4 is 5.97 Å². The number of nitrogens with zero attached hydrogens (tertiary/aromatic N) is 2. The zero-order valence-corrected chi connectivity index (χ0v) is 14.5. The van der Waals surface area contributed by atoms with Crippen LogP contribution in [0, 0.1) is 0 Å². The van der Waals surface area contributed by atoms with Gasteiger partial charge in [-0.05, 0) is 25.3 Å². The van der Waals surface area contributed by atoms with Crippen LogP contribution in [0.3, 0.4) is 0 Å². The summed E-state index contributed by atoms with van der Waals surface area (Å²) in [5.41, 5.74) is 1.17. The van der Waals surface area contributed by atoms with E-state index >= 15 is 0 Å². The van der Waals surface area contributed by atoms with Gasteiger partial charge in [-0.1, -0.05) is 30.3 Å². The molecule has 0 N–H and O–H groups in total. The van der Waals surface area contributed by atoms with Crippen molar-refractivity contribution in [3.05, 3.63) is 54.1 Å². The number of imidazole rings is 1. The smallest absolute Gasteiger partial charge is 0.335 e. The second-order valence-corrected chi connectivity index (χ2v) is 6.18. The molecule has 6 heteroatoms. The minimum atomic E-state index is -0.610. The van der Waals surface area contributed by atoms with Crippen molar-refractivity contribution in [3.8, 4) is 0 Å². The molecule has 1 aliphatic rings. The molecule has 0 aliphatic carbocycles. The van der Waals surface area contributed by atoms with Gasteiger partial charge in [0.25, 0.3) is 0 Å². The van der Waals surface area contributed by atoms with Crippen LogP contribution in [-0.2, 0) is 32.2 Å². The predicted molar refractivity (Wildman–Crippen MR) is 92.0 cm³/mol. The summed E-state index contributed by atoms with van der Waals surface area (Å²) in [6.07, 6.45) is 5.12. The van der Waals surface area contributed by atoms with Gasteiger partial charge in [0.2, 0.25) is 0 Å². The normalized spacial score (nSPS) is 18.2. The van der Waals surface area contributed by atoms with E-state index in [0.29, 0.717) is 19.0 Å². The standard InChI is InChI=1S/C19H24N2O4/c1-15(24-13-17-8-5-11-23-17)19(22)25-14-18-20-9-10-21(18)12-16-6-3-2-4-7-16/h2-4,6-7,9-10,15,17H,5,8,11-14H2,1H3/t15-,17+/m0/s1. The Hall–Kier alpha value is -2.18. The number of hydrogen-bond donors (Lipinski definition) is 0. The van der Waals surface area contributed by atoms with Crippen molar-refractivity contribution < 1.29 is 19.0 Å². The van der Waals surface area contributed by atoms with Crippen LogP contribution in [0.15, 0.2) is 42.7 Å². The van der Waals surface area contributed by atoms with Crippen LogP contribution >= 0.6 is 0 Å². The van der Waals surface area contributed by atoms with E-state index in [4.69, 9.17) is 14.2 Å². The Kier molecular flexibility index (Phi) is 6.19.